The second kappa shape index (κ2) is 8.60. The van der Waals surface area contributed by atoms with Crippen LogP contribution in [0.2, 0.25) is 0 Å². The highest BCUT2D eigenvalue weighted by atomic mass is 19.2. The summed E-state index contributed by atoms with van der Waals surface area (Å²) in [5, 5.41) is 12.3. The van der Waals surface area contributed by atoms with Gasteiger partial charge in [0.1, 0.15) is 0 Å². The molecule has 0 unspecified atom stereocenters. The Morgan fingerprint density at radius 1 is 1.03 bits per heavy atom. The summed E-state index contributed by atoms with van der Waals surface area (Å²) in [7, 11) is 3.51. The van der Waals surface area contributed by atoms with Gasteiger partial charge in [0.25, 0.3) is 5.91 Å². The zero-order chi connectivity index (χ0) is 24.1. The molecule has 5 rings (SSSR count). The first-order chi connectivity index (χ1) is 16.2. The highest BCUT2D eigenvalue weighted by molar-refractivity contribution is 5.95. The van der Waals surface area contributed by atoms with Gasteiger partial charge in [-0.2, -0.15) is 10.2 Å². The lowest BCUT2D eigenvalue weighted by atomic mass is 9.86. The lowest BCUT2D eigenvalue weighted by Crippen LogP contribution is -2.31. The molecule has 0 saturated heterocycles. The van der Waals surface area contributed by atoms with E-state index in [1.807, 2.05) is 7.05 Å². The third-order valence-electron chi connectivity index (χ3n) is 6.88. The van der Waals surface area contributed by atoms with Gasteiger partial charge < -0.3 is 5.32 Å². The van der Waals surface area contributed by atoms with Crippen molar-refractivity contribution in [1.82, 2.24) is 24.9 Å². The minimum absolute atomic E-state index is 0.189. The van der Waals surface area contributed by atoms with Crippen molar-refractivity contribution in [1.29, 1.82) is 0 Å². The maximum atomic E-state index is 14.1. The number of benzene rings is 1. The molecule has 180 valence electrons. The predicted molar refractivity (Wildman–Crippen MR) is 121 cm³/mol. The monoisotopic (exact) mass is 471 g/mol. The van der Waals surface area contributed by atoms with Crippen molar-refractivity contribution >= 4 is 5.91 Å². The number of amides is 1. The molecule has 9 heteroatoms. The van der Waals surface area contributed by atoms with E-state index < -0.39 is 17.5 Å². The van der Waals surface area contributed by atoms with E-state index in [-0.39, 0.29) is 17.5 Å². The second-order valence-electron chi connectivity index (χ2n) is 9.73. The molecule has 1 amide bonds. The van der Waals surface area contributed by atoms with E-state index in [1.165, 1.54) is 0 Å². The minimum Gasteiger partial charge on any atom is -0.343 e. The standard InChI is InChI=1S/C25H28F3N5O/c1-13-5-4-6-20(29-25(34)17-12-32(2)30-22(17)14-7-8-14)23-16(9-13)24(33(3)31-23)15-10-18(26)21(28)19(27)11-15/h10-14,20H,4-9H2,1-3H3,(H,29,34)/t13-,20+/m1/s1. The Morgan fingerprint density at radius 3 is 2.41 bits per heavy atom. The maximum Gasteiger partial charge on any atom is 0.255 e. The molecule has 0 aliphatic heterocycles. The first-order valence-corrected chi connectivity index (χ1v) is 11.8. The van der Waals surface area contributed by atoms with E-state index in [2.05, 4.69) is 17.3 Å². The summed E-state index contributed by atoms with van der Waals surface area (Å²) in [6, 6.07) is 1.66. The van der Waals surface area contributed by atoms with Crippen molar-refractivity contribution in [2.75, 3.05) is 0 Å². The van der Waals surface area contributed by atoms with Crippen LogP contribution in [0, 0.1) is 23.4 Å². The third kappa shape index (κ3) is 4.12. The van der Waals surface area contributed by atoms with Crippen LogP contribution in [0.1, 0.15) is 78.3 Å². The number of nitrogens with zero attached hydrogens (tertiary/aromatic N) is 4. The normalized spacial score (nSPS) is 20.5. The predicted octanol–water partition coefficient (Wildman–Crippen LogP) is 4.95. The molecule has 1 aromatic carbocycles. The smallest absolute Gasteiger partial charge is 0.255 e. The Balaban J connectivity index is 1.54. The van der Waals surface area contributed by atoms with Crippen LogP contribution in [0.5, 0.6) is 0 Å². The summed E-state index contributed by atoms with van der Waals surface area (Å²) in [6.07, 6.45) is 7.04. The zero-order valence-electron chi connectivity index (χ0n) is 19.5. The molecule has 2 aliphatic carbocycles. The number of carbonyl (C=O) groups is 1. The Hall–Kier alpha value is -3.10. The number of carbonyl (C=O) groups excluding carboxylic acids is 1. The van der Waals surface area contributed by atoms with Crippen molar-refractivity contribution in [3.8, 4) is 11.3 Å². The van der Waals surface area contributed by atoms with E-state index in [0.717, 1.165) is 49.1 Å². The number of halogens is 3. The number of aryl methyl sites for hydroxylation is 2. The maximum absolute atomic E-state index is 14.1. The first-order valence-electron chi connectivity index (χ1n) is 11.8. The van der Waals surface area contributed by atoms with E-state index >= 15 is 0 Å². The van der Waals surface area contributed by atoms with E-state index in [4.69, 9.17) is 5.10 Å². The zero-order valence-corrected chi connectivity index (χ0v) is 19.5. The van der Waals surface area contributed by atoms with Crippen LogP contribution in [0.3, 0.4) is 0 Å². The van der Waals surface area contributed by atoms with Crippen LogP contribution in [-0.4, -0.2) is 25.5 Å². The summed E-state index contributed by atoms with van der Waals surface area (Å²) in [5.74, 6) is -3.50. The van der Waals surface area contributed by atoms with Gasteiger partial charge in [0.05, 0.1) is 28.7 Å². The SMILES string of the molecule is C[C@@H]1CCC[C@H](NC(=O)c2cn(C)nc2C2CC2)c2nn(C)c(-c3cc(F)c(F)c(F)c3)c2C1. The molecule has 1 N–H and O–H groups in total. The summed E-state index contributed by atoms with van der Waals surface area (Å²) in [5.41, 5.74) is 3.72. The fourth-order valence-corrected chi connectivity index (χ4v) is 5.10. The van der Waals surface area contributed by atoms with Gasteiger partial charge in [-0.05, 0) is 43.7 Å². The molecule has 0 radical (unpaired) electrons. The van der Waals surface area contributed by atoms with Crippen LogP contribution in [0.15, 0.2) is 18.3 Å². The lowest BCUT2D eigenvalue weighted by molar-refractivity contribution is 0.0931. The Bertz CT molecular complexity index is 1240. The second-order valence-corrected chi connectivity index (χ2v) is 9.73. The Morgan fingerprint density at radius 2 is 1.74 bits per heavy atom. The highest BCUT2D eigenvalue weighted by Gasteiger charge is 2.33. The molecular formula is C25H28F3N5O. The molecule has 3 aromatic rings. The molecule has 6 nitrogen and oxygen atoms in total. The van der Waals surface area contributed by atoms with E-state index in [1.54, 1.807) is 22.6 Å². The van der Waals surface area contributed by atoms with Crippen LogP contribution >= 0.6 is 0 Å². The van der Waals surface area contributed by atoms with Gasteiger partial charge in [-0.1, -0.05) is 19.8 Å². The molecule has 0 bridgehead atoms. The number of rotatable bonds is 4. The number of hydrogen-bond donors (Lipinski definition) is 1. The summed E-state index contributed by atoms with van der Waals surface area (Å²) in [6.45, 7) is 2.13. The molecule has 2 atom stereocenters. The van der Waals surface area contributed by atoms with Crippen molar-refractivity contribution in [3.05, 3.63) is 58.3 Å². The van der Waals surface area contributed by atoms with Crippen LogP contribution < -0.4 is 5.32 Å². The Kier molecular flexibility index (Phi) is 5.73. The largest absolute Gasteiger partial charge is 0.343 e. The van der Waals surface area contributed by atoms with Crippen molar-refractivity contribution in [2.45, 2.75) is 57.4 Å². The van der Waals surface area contributed by atoms with Gasteiger partial charge in [0, 0.05) is 37.3 Å². The van der Waals surface area contributed by atoms with Crippen molar-refractivity contribution < 1.29 is 18.0 Å². The van der Waals surface area contributed by atoms with Gasteiger partial charge in [-0.15, -0.1) is 0 Å². The average Bonchev–Trinajstić information content (AvgIpc) is 3.47. The van der Waals surface area contributed by atoms with Crippen LogP contribution in [-0.2, 0) is 20.5 Å². The molecule has 0 spiro atoms. The minimum atomic E-state index is -1.49. The van der Waals surface area contributed by atoms with Gasteiger partial charge in [-0.25, -0.2) is 13.2 Å². The summed E-state index contributed by atoms with van der Waals surface area (Å²) < 4.78 is 45.0. The van der Waals surface area contributed by atoms with E-state index in [0.29, 0.717) is 41.6 Å². The molecule has 2 aliphatic rings. The van der Waals surface area contributed by atoms with Gasteiger partial charge in [0.2, 0.25) is 0 Å². The summed E-state index contributed by atoms with van der Waals surface area (Å²) in [4.78, 5) is 13.3. The van der Waals surface area contributed by atoms with E-state index in [9.17, 15) is 18.0 Å². The van der Waals surface area contributed by atoms with Gasteiger partial charge in [-0.3, -0.25) is 14.2 Å². The molecule has 2 heterocycles. The molecule has 2 aromatic heterocycles. The van der Waals surface area contributed by atoms with Gasteiger partial charge >= 0.3 is 0 Å². The Labute approximate surface area is 196 Å². The van der Waals surface area contributed by atoms with Crippen molar-refractivity contribution in [3.63, 3.8) is 0 Å². The average molecular weight is 472 g/mol. The topological polar surface area (TPSA) is 64.7 Å². The molecular weight excluding hydrogens is 443 g/mol. The number of hydrogen-bond acceptors (Lipinski definition) is 3. The number of aromatic nitrogens is 4. The third-order valence-corrected chi connectivity index (χ3v) is 6.88. The molecule has 1 saturated carbocycles. The quantitative estimate of drug-likeness (QED) is 0.548. The highest BCUT2D eigenvalue weighted by Crippen LogP contribution is 2.41. The van der Waals surface area contributed by atoms with Crippen LogP contribution in [0.25, 0.3) is 11.3 Å². The summed E-state index contributed by atoms with van der Waals surface area (Å²) >= 11 is 0. The molecule has 1 fully saturated rings. The molecule has 34 heavy (non-hydrogen) atoms. The van der Waals surface area contributed by atoms with Crippen LogP contribution in [0.4, 0.5) is 13.2 Å². The fourth-order valence-electron chi connectivity index (χ4n) is 5.10. The number of nitrogens with one attached hydrogen (secondary N) is 1. The lowest BCUT2D eigenvalue weighted by Gasteiger charge is -2.24. The fraction of sp³-hybridized carbons (Fsp3) is 0.480. The number of fused-ring (bicyclic) bond motifs is 1. The van der Waals surface area contributed by atoms with Crippen molar-refractivity contribution in [2.24, 2.45) is 20.0 Å². The first kappa shape index (κ1) is 22.7. The van der Waals surface area contributed by atoms with Gasteiger partial charge in [0.15, 0.2) is 17.5 Å².